The number of carboxylic acids is 1. The Morgan fingerprint density at radius 3 is 2.68 bits per heavy atom. The third kappa shape index (κ3) is 2.16. The first-order chi connectivity index (χ1) is 10.4. The quantitative estimate of drug-likeness (QED) is 0.552. The maximum atomic E-state index is 12.5. The monoisotopic (exact) mass is 320 g/mol. The number of hydrogen-bond acceptors (Lipinski definition) is 6. The number of nitrogens with zero attached hydrogens (tertiary/aromatic N) is 2. The second-order valence-corrected chi connectivity index (χ2v) is 5.04. The highest BCUT2D eigenvalue weighted by Gasteiger charge is 2.19. The van der Waals surface area contributed by atoms with Crippen molar-refractivity contribution in [2.75, 3.05) is 12.1 Å². The molecule has 22 heavy (non-hydrogen) atoms. The van der Waals surface area contributed by atoms with Gasteiger partial charge in [-0.1, -0.05) is 11.6 Å². The lowest BCUT2D eigenvalue weighted by atomic mass is 10.1. The van der Waals surface area contributed by atoms with E-state index in [-0.39, 0.29) is 33.5 Å². The summed E-state index contributed by atoms with van der Waals surface area (Å²) in [4.78, 5) is 27.6. The van der Waals surface area contributed by atoms with Gasteiger partial charge >= 0.3 is 5.97 Å². The number of anilines is 1. The zero-order valence-electron chi connectivity index (χ0n) is 11.2. The summed E-state index contributed by atoms with van der Waals surface area (Å²) < 4.78 is 5.52. The Bertz CT molecular complexity index is 980. The van der Waals surface area contributed by atoms with Gasteiger partial charge in [0.05, 0.1) is 5.39 Å². The standard InChI is InChI=1S/C14H9ClN2O5/c1-17(21)13-8(14(19)20)5-10-11(16-13)12(18)7-4-6(15)2-3-9(7)22-10/h2-5,21H,1H3,(H,19,20). The number of hydroxylamine groups is 1. The number of carboxylic acid groups (broad SMARTS) is 1. The first-order valence-corrected chi connectivity index (χ1v) is 6.49. The first kappa shape index (κ1) is 14.3. The topological polar surface area (TPSA) is 104 Å². The molecule has 2 aromatic heterocycles. The van der Waals surface area contributed by atoms with Crippen molar-refractivity contribution in [2.45, 2.75) is 0 Å². The number of aromatic carboxylic acids is 1. The Labute approximate surface area is 127 Å². The molecular weight excluding hydrogens is 312 g/mol. The maximum absolute atomic E-state index is 12.5. The second kappa shape index (κ2) is 4.97. The predicted molar refractivity (Wildman–Crippen MR) is 79.9 cm³/mol. The summed E-state index contributed by atoms with van der Waals surface area (Å²) in [5.41, 5.74) is -0.545. The van der Waals surface area contributed by atoms with Crippen molar-refractivity contribution in [1.29, 1.82) is 0 Å². The summed E-state index contributed by atoms with van der Waals surface area (Å²) in [5, 5.41) is 19.8. The normalized spacial score (nSPS) is 11.0. The Hall–Kier alpha value is -2.64. The van der Waals surface area contributed by atoms with Gasteiger partial charge in [0.25, 0.3) is 0 Å². The van der Waals surface area contributed by atoms with Crippen LogP contribution in [0, 0.1) is 0 Å². The van der Waals surface area contributed by atoms with Crippen LogP contribution in [-0.2, 0) is 0 Å². The Balaban J connectivity index is 2.48. The van der Waals surface area contributed by atoms with Gasteiger partial charge < -0.3 is 9.52 Å². The number of pyridine rings is 1. The molecule has 7 nitrogen and oxygen atoms in total. The average molecular weight is 321 g/mol. The average Bonchev–Trinajstić information content (AvgIpc) is 2.47. The fourth-order valence-electron chi connectivity index (χ4n) is 2.14. The lowest BCUT2D eigenvalue weighted by molar-refractivity contribution is 0.0695. The van der Waals surface area contributed by atoms with E-state index in [9.17, 15) is 19.9 Å². The number of carbonyl (C=O) groups is 1. The van der Waals surface area contributed by atoms with Crippen molar-refractivity contribution < 1.29 is 19.5 Å². The fourth-order valence-corrected chi connectivity index (χ4v) is 2.32. The number of hydrogen-bond donors (Lipinski definition) is 2. The molecule has 0 bridgehead atoms. The van der Waals surface area contributed by atoms with Crippen LogP contribution in [0.1, 0.15) is 10.4 Å². The first-order valence-electron chi connectivity index (χ1n) is 6.11. The zero-order valence-corrected chi connectivity index (χ0v) is 12.0. The molecule has 3 rings (SSSR count). The summed E-state index contributed by atoms with van der Waals surface area (Å²) in [7, 11) is 1.21. The van der Waals surface area contributed by atoms with Gasteiger partial charge in [0.15, 0.2) is 16.9 Å². The zero-order chi connectivity index (χ0) is 16.0. The van der Waals surface area contributed by atoms with Crippen LogP contribution < -0.4 is 10.5 Å². The molecule has 3 aromatic rings. The molecule has 0 unspecified atom stereocenters. The summed E-state index contributed by atoms with van der Waals surface area (Å²) in [6.45, 7) is 0. The molecule has 8 heteroatoms. The minimum Gasteiger partial charge on any atom is -0.478 e. The molecule has 0 fully saturated rings. The molecule has 0 atom stereocenters. The van der Waals surface area contributed by atoms with Gasteiger partial charge in [0, 0.05) is 18.1 Å². The van der Waals surface area contributed by atoms with Crippen LogP contribution in [0.2, 0.25) is 5.02 Å². The lowest BCUT2D eigenvalue weighted by Gasteiger charge is -2.12. The Morgan fingerprint density at radius 1 is 1.32 bits per heavy atom. The van der Waals surface area contributed by atoms with Crippen molar-refractivity contribution in [1.82, 2.24) is 4.98 Å². The van der Waals surface area contributed by atoms with Gasteiger partial charge in [0.1, 0.15) is 11.1 Å². The second-order valence-electron chi connectivity index (χ2n) is 4.61. The molecule has 0 aliphatic rings. The molecule has 112 valence electrons. The molecule has 0 spiro atoms. The number of benzene rings is 1. The van der Waals surface area contributed by atoms with E-state index in [2.05, 4.69) is 4.98 Å². The summed E-state index contributed by atoms with van der Waals surface area (Å²) in [6, 6.07) is 5.67. The Kier molecular flexibility index (Phi) is 3.23. The van der Waals surface area contributed by atoms with Gasteiger partial charge in [-0.3, -0.25) is 10.0 Å². The number of halogens is 1. The molecule has 0 aliphatic carbocycles. The highest BCUT2D eigenvalue weighted by Crippen LogP contribution is 2.25. The third-order valence-corrected chi connectivity index (χ3v) is 3.36. The molecule has 1 aromatic carbocycles. The molecule has 0 aliphatic heterocycles. The van der Waals surface area contributed by atoms with Crippen LogP contribution in [0.15, 0.2) is 33.5 Å². The molecular formula is C14H9ClN2O5. The van der Waals surface area contributed by atoms with Gasteiger partial charge in [-0.25, -0.2) is 14.8 Å². The van der Waals surface area contributed by atoms with Crippen LogP contribution in [0.3, 0.4) is 0 Å². The van der Waals surface area contributed by atoms with Gasteiger partial charge in [-0.2, -0.15) is 0 Å². The van der Waals surface area contributed by atoms with Crippen LogP contribution >= 0.6 is 11.6 Å². The highest BCUT2D eigenvalue weighted by atomic mass is 35.5. The van der Waals surface area contributed by atoms with E-state index in [1.165, 1.54) is 19.2 Å². The van der Waals surface area contributed by atoms with E-state index in [0.29, 0.717) is 10.1 Å². The van der Waals surface area contributed by atoms with Crippen molar-refractivity contribution in [2.24, 2.45) is 0 Å². The lowest BCUT2D eigenvalue weighted by Crippen LogP contribution is -2.18. The van der Waals surface area contributed by atoms with E-state index >= 15 is 0 Å². The third-order valence-electron chi connectivity index (χ3n) is 3.13. The molecule has 0 radical (unpaired) electrons. The van der Waals surface area contributed by atoms with Crippen LogP contribution in [0.5, 0.6) is 0 Å². The highest BCUT2D eigenvalue weighted by molar-refractivity contribution is 6.31. The number of rotatable bonds is 2. The SMILES string of the molecule is CN(O)c1nc2c(=O)c3cc(Cl)ccc3oc2cc1C(=O)O. The van der Waals surface area contributed by atoms with Crippen molar-refractivity contribution >= 4 is 45.5 Å². The molecule has 0 saturated heterocycles. The van der Waals surface area contributed by atoms with E-state index in [0.717, 1.165) is 6.07 Å². The summed E-state index contributed by atoms with van der Waals surface area (Å²) in [5.74, 6) is -1.56. The molecule has 2 N–H and O–H groups in total. The number of fused-ring (bicyclic) bond motifs is 2. The van der Waals surface area contributed by atoms with Crippen LogP contribution in [0.4, 0.5) is 5.82 Å². The van der Waals surface area contributed by atoms with E-state index < -0.39 is 11.4 Å². The predicted octanol–water partition coefficient (Wildman–Crippen LogP) is 2.52. The van der Waals surface area contributed by atoms with Gasteiger partial charge in [0.2, 0.25) is 5.43 Å². The van der Waals surface area contributed by atoms with E-state index in [1.807, 2.05) is 0 Å². The summed E-state index contributed by atoms with van der Waals surface area (Å²) >= 11 is 5.86. The van der Waals surface area contributed by atoms with Gasteiger partial charge in [-0.05, 0) is 18.2 Å². The van der Waals surface area contributed by atoms with Crippen LogP contribution in [-0.4, -0.2) is 28.3 Å². The number of aromatic nitrogens is 1. The van der Waals surface area contributed by atoms with E-state index in [1.54, 1.807) is 6.07 Å². The van der Waals surface area contributed by atoms with E-state index in [4.69, 9.17) is 16.0 Å². The molecule has 0 amide bonds. The van der Waals surface area contributed by atoms with Crippen molar-refractivity contribution in [3.63, 3.8) is 0 Å². The maximum Gasteiger partial charge on any atom is 0.339 e. The molecule has 2 heterocycles. The van der Waals surface area contributed by atoms with Crippen molar-refractivity contribution in [3.8, 4) is 0 Å². The molecule has 0 saturated carbocycles. The van der Waals surface area contributed by atoms with Crippen molar-refractivity contribution in [3.05, 3.63) is 45.1 Å². The van der Waals surface area contributed by atoms with Crippen LogP contribution in [0.25, 0.3) is 22.1 Å². The summed E-state index contributed by atoms with van der Waals surface area (Å²) in [6.07, 6.45) is 0. The minimum absolute atomic E-state index is 0.0165. The smallest absolute Gasteiger partial charge is 0.339 e. The minimum atomic E-state index is -1.30. The largest absolute Gasteiger partial charge is 0.478 e. The Morgan fingerprint density at radius 2 is 2.05 bits per heavy atom. The van der Waals surface area contributed by atoms with Gasteiger partial charge in [-0.15, -0.1) is 0 Å². The fraction of sp³-hybridized carbons (Fsp3) is 0.0714.